The quantitative estimate of drug-likeness (QED) is 0.802. The molecule has 0 aromatic carbocycles. The Bertz CT molecular complexity index is 492. The summed E-state index contributed by atoms with van der Waals surface area (Å²) in [5.41, 5.74) is 1.36. The van der Waals surface area contributed by atoms with Gasteiger partial charge in [-0.05, 0) is 43.5 Å². The largest absolute Gasteiger partial charge is 0.338 e. The van der Waals surface area contributed by atoms with Gasteiger partial charge in [0.1, 0.15) is 5.82 Å². The van der Waals surface area contributed by atoms with Gasteiger partial charge in [0.15, 0.2) is 0 Å². The minimum absolute atomic E-state index is 0.546. The first-order chi connectivity index (χ1) is 9.79. The molecule has 1 unspecified atom stereocenters. The molecule has 0 aliphatic heterocycles. The van der Waals surface area contributed by atoms with Gasteiger partial charge in [0.2, 0.25) is 0 Å². The molecule has 2 heterocycles. The van der Waals surface area contributed by atoms with E-state index in [1.54, 1.807) is 0 Å². The Hall–Kier alpha value is -1.68. The van der Waals surface area contributed by atoms with Crippen molar-refractivity contribution in [2.45, 2.75) is 38.6 Å². The second-order valence-corrected chi connectivity index (χ2v) is 5.14. The van der Waals surface area contributed by atoms with Crippen LogP contribution >= 0.6 is 0 Å². The Balaban J connectivity index is 1.82. The highest BCUT2D eigenvalue weighted by molar-refractivity contribution is 5.09. The first-order valence-corrected chi connectivity index (χ1v) is 7.38. The van der Waals surface area contributed by atoms with Crippen LogP contribution in [0.1, 0.15) is 31.2 Å². The van der Waals surface area contributed by atoms with Crippen molar-refractivity contribution in [3.63, 3.8) is 0 Å². The number of rotatable bonds is 8. The predicted molar refractivity (Wildman–Crippen MR) is 81.6 cm³/mol. The average Bonchev–Trinajstić information content (AvgIpc) is 2.88. The number of pyridine rings is 1. The highest BCUT2D eigenvalue weighted by Gasteiger charge is 2.09. The van der Waals surface area contributed by atoms with E-state index in [4.69, 9.17) is 0 Å². The molecular formula is C16H24N4. The van der Waals surface area contributed by atoms with Gasteiger partial charge in [-0.15, -0.1) is 0 Å². The van der Waals surface area contributed by atoms with Gasteiger partial charge in [-0.1, -0.05) is 6.92 Å². The van der Waals surface area contributed by atoms with Crippen molar-refractivity contribution in [2.24, 2.45) is 7.05 Å². The van der Waals surface area contributed by atoms with Gasteiger partial charge in [0, 0.05) is 44.3 Å². The SMILES string of the molecule is CCNC(CCc1ccncc1)CCc1nccn1C. The smallest absolute Gasteiger partial charge is 0.108 e. The van der Waals surface area contributed by atoms with Gasteiger partial charge < -0.3 is 9.88 Å². The molecule has 20 heavy (non-hydrogen) atoms. The van der Waals surface area contributed by atoms with E-state index in [1.165, 1.54) is 5.56 Å². The Labute approximate surface area is 121 Å². The van der Waals surface area contributed by atoms with Crippen LogP contribution in [-0.4, -0.2) is 27.1 Å². The Morgan fingerprint density at radius 2 is 1.90 bits per heavy atom. The topological polar surface area (TPSA) is 42.7 Å². The fourth-order valence-corrected chi connectivity index (χ4v) is 2.47. The molecule has 0 bridgehead atoms. The summed E-state index contributed by atoms with van der Waals surface area (Å²) in [6, 6.07) is 4.74. The van der Waals surface area contributed by atoms with Crippen LogP contribution in [0.3, 0.4) is 0 Å². The molecule has 0 fully saturated rings. The third-order valence-corrected chi connectivity index (χ3v) is 3.66. The Kier molecular flexibility index (Phi) is 5.74. The molecule has 2 rings (SSSR count). The molecule has 2 aromatic rings. The van der Waals surface area contributed by atoms with E-state index < -0.39 is 0 Å². The molecule has 0 aliphatic rings. The van der Waals surface area contributed by atoms with Crippen LogP contribution in [0.25, 0.3) is 0 Å². The summed E-state index contributed by atoms with van der Waals surface area (Å²) in [6.07, 6.45) is 12.0. The van der Waals surface area contributed by atoms with Gasteiger partial charge in [0.05, 0.1) is 0 Å². The van der Waals surface area contributed by atoms with Gasteiger partial charge in [0.25, 0.3) is 0 Å². The second kappa shape index (κ2) is 7.80. The van der Waals surface area contributed by atoms with Crippen molar-refractivity contribution >= 4 is 0 Å². The van der Waals surface area contributed by atoms with Crippen LogP contribution < -0.4 is 5.32 Å². The summed E-state index contributed by atoms with van der Waals surface area (Å²) in [7, 11) is 2.06. The van der Waals surface area contributed by atoms with E-state index in [2.05, 4.69) is 46.0 Å². The summed E-state index contributed by atoms with van der Waals surface area (Å²) in [6.45, 7) is 3.18. The molecular weight excluding hydrogens is 248 g/mol. The molecule has 108 valence electrons. The lowest BCUT2D eigenvalue weighted by Crippen LogP contribution is -2.30. The third kappa shape index (κ3) is 4.46. The Morgan fingerprint density at radius 1 is 1.15 bits per heavy atom. The van der Waals surface area contributed by atoms with Gasteiger partial charge in [-0.25, -0.2) is 4.98 Å². The van der Waals surface area contributed by atoms with Crippen LogP contribution in [0.5, 0.6) is 0 Å². The van der Waals surface area contributed by atoms with E-state index in [0.717, 1.165) is 38.1 Å². The number of hydrogen-bond acceptors (Lipinski definition) is 3. The molecule has 0 radical (unpaired) electrons. The minimum atomic E-state index is 0.546. The summed E-state index contributed by atoms with van der Waals surface area (Å²) in [4.78, 5) is 8.46. The van der Waals surface area contributed by atoms with Crippen molar-refractivity contribution in [1.82, 2.24) is 19.9 Å². The van der Waals surface area contributed by atoms with Crippen molar-refractivity contribution in [3.05, 3.63) is 48.3 Å². The first kappa shape index (κ1) is 14.7. The first-order valence-electron chi connectivity index (χ1n) is 7.38. The Morgan fingerprint density at radius 3 is 2.55 bits per heavy atom. The van der Waals surface area contributed by atoms with E-state index in [0.29, 0.717) is 6.04 Å². The number of hydrogen-bond donors (Lipinski definition) is 1. The maximum Gasteiger partial charge on any atom is 0.108 e. The zero-order valence-corrected chi connectivity index (χ0v) is 12.4. The molecule has 2 aromatic heterocycles. The van der Waals surface area contributed by atoms with Crippen molar-refractivity contribution < 1.29 is 0 Å². The van der Waals surface area contributed by atoms with Gasteiger partial charge in [-0.2, -0.15) is 0 Å². The molecule has 0 aliphatic carbocycles. The third-order valence-electron chi connectivity index (χ3n) is 3.66. The maximum atomic E-state index is 4.39. The highest BCUT2D eigenvalue weighted by atomic mass is 15.0. The lowest BCUT2D eigenvalue weighted by Gasteiger charge is -2.17. The molecule has 0 saturated heterocycles. The summed E-state index contributed by atoms with van der Waals surface area (Å²) >= 11 is 0. The monoisotopic (exact) mass is 272 g/mol. The lowest BCUT2D eigenvalue weighted by molar-refractivity contribution is 0.458. The van der Waals surface area contributed by atoms with Crippen LogP contribution in [0.2, 0.25) is 0 Å². The summed E-state index contributed by atoms with van der Waals surface area (Å²) in [5, 5.41) is 3.58. The number of aromatic nitrogens is 3. The number of aryl methyl sites for hydroxylation is 3. The van der Waals surface area contributed by atoms with E-state index >= 15 is 0 Å². The number of nitrogens with one attached hydrogen (secondary N) is 1. The fourth-order valence-electron chi connectivity index (χ4n) is 2.47. The van der Waals surface area contributed by atoms with Crippen LogP contribution in [0, 0.1) is 0 Å². The average molecular weight is 272 g/mol. The van der Waals surface area contributed by atoms with E-state index in [9.17, 15) is 0 Å². The van der Waals surface area contributed by atoms with Crippen LogP contribution in [0.15, 0.2) is 36.9 Å². The fraction of sp³-hybridized carbons (Fsp3) is 0.500. The zero-order valence-electron chi connectivity index (χ0n) is 12.4. The molecule has 0 saturated carbocycles. The molecule has 4 heteroatoms. The summed E-state index contributed by atoms with van der Waals surface area (Å²) in [5.74, 6) is 1.16. The highest BCUT2D eigenvalue weighted by Crippen LogP contribution is 2.09. The van der Waals surface area contributed by atoms with Crippen molar-refractivity contribution in [3.8, 4) is 0 Å². The number of imidazole rings is 1. The number of nitrogens with zero attached hydrogens (tertiary/aromatic N) is 3. The molecule has 4 nitrogen and oxygen atoms in total. The standard InChI is InChI=1S/C16H24N4/c1-3-18-15(5-4-14-8-10-17-11-9-14)6-7-16-19-12-13-20(16)2/h8-13,15,18H,3-7H2,1-2H3. The predicted octanol–water partition coefficient (Wildman–Crippen LogP) is 2.36. The second-order valence-electron chi connectivity index (χ2n) is 5.14. The van der Waals surface area contributed by atoms with E-state index in [1.807, 2.05) is 24.8 Å². The van der Waals surface area contributed by atoms with Crippen molar-refractivity contribution in [1.29, 1.82) is 0 Å². The van der Waals surface area contributed by atoms with Crippen LogP contribution in [0.4, 0.5) is 0 Å². The lowest BCUT2D eigenvalue weighted by atomic mass is 10.0. The molecule has 1 atom stereocenters. The van der Waals surface area contributed by atoms with E-state index in [-0.39, 0.29) is 0 Å². The molecule has 0 spiro atoms. The zero-order chi connectivity index (χ0) is 14.2. The normalized spacial score (nSPS) is 12.5. The summed E-state index contributed by atoms with van der Waals surface area (Å²) < 4.78 is 2.10. The van der Waals surface area contributed by atoms with Crippen LogP contribution in [-0.2, 0) is 19.9 Å². The van der Waals surface area contributed by atoms with Gasteiger partial charge in [-0.3, -0.25) is 4.98 Å². The minimum Gasteiger partial charge on any atom is -0.338 e. The molecule has 0 amide bonds. The maximum absolute atomic E-state index is 4.39. The molecule has 1 N–H and O–H groups in total. The van der Waals surface area contributed by atoms with Crippen molar-refractivity contribution in [2.75, 3.05) is 6.54 Å². The van der Waals surface area contributed by atoms with Gasteiger partial charge >= 0.3 is 0 Å².